The molecular weight excluding hydrogens is 246 g/mol. The molecule has 0 atom stereocenters. The molecule has 102 valence electrons. The van der Waals surface area contributed by atoms with Gasteiger partial charge in [-0.1, -0.05) is 6.92 Å². The summed E-state index contributed by atoms with van der Waals surface area (Å²) in [6.07, 6.45) is 3.73. The maximum atomic E-state index is 12.2. The van der Waals surface area contributed by atoms with E-state index in [-0.39, 0.29) is 12.5 Å². The first kappa shape index (κ1) is 15.2. The van der Waals surface area contributed by atoms with Crippen LogP contribution in [0.25, 0.3) is 0 Å². The first-order valence-electron chi connectivity index (χ1n) is 6.55. The third kappa shape index (κ3) is 4.10. The molecule has 0 aliphatic carbocycles. The fraction of sp³-hybridized carbons (Fsp3) is 0.643. The van der Waals surface area contributed by atoms with Gasteiger partial charge in [0.05, 0.1) is 4.88 Å². The third-order valence-electron chi connectivity index (χ3n) is 3.05. The van der Waals surface area contributed by atoms with Gasteiger partial charge in [0.25, 0.3) is 5.91 Å². The first-order chi connectivity index (χ1) is 8.60. The summed E-state index contributed by atoms with van der Waals surface area (Å²) in [6, 6.07) is 2.00. The second kappa shape index (κ2) is 7.54. The molecule has 3 nitrogen and oxygen atoms in total. The first-order valence-corrected chi connectivity index (χ1v) is 7.37. The van der Waals surface area contributed by atoms with Crippen LogP contribution < -0.4 is 0 Å². The summed E-state index contributed by atoms with van der Waals surface area (Å²) in [5, 5.41) is 8.70. The Kier molecular flexibility index (Phi) is 6.36. The van der Waals surface area contributed by atoms with Gasteiger partial charge in [-0.05, 0) is 44.2 Å². The Morgan fingerprint density at radius 2 is 2.11 bits per heavy atom. The van der Waals surface area contributed by atoms with Crippen molar-refractivity contribution < 1.29 is 9.90 Å². The van der Waals surface area contributed by atoms with Gasteiger partial charge >= 0.3 is 0 Å². The van der Waals surface area contributed by atoms with Crippen LogP contribution in [0, 0.1) is 6.92 Å². The van der Waals surface area contributed by atoms with E-state index in [1.807, 2.05) is 13.1 Å². The fourth-order valence-electron chi connectivity index (χ4n) is 1.90. The highest BCUT2D eigenvalue weighted by atomic mass is 32.1. The van der Waals surface area contributed by atoms with Crippen LogP contribution in [0.3, 0.4) is 0 Å². The quantitative estimate of drug-likeness (QED) is 0.773. The van der Waals surface area contributed by atoms with E-state index >= 15 is 0 Å². The van der Waals surface area contributed by atoms with E-state index in [0.717, 1.165) is 37.1 Å². The molecule has 18 heavy (non-hydrogen) atoms. The average Bonchev–Trinajstić information content (AvgIpc) is 2.74. The normalized spacial score (nSPS) is 10.7. The van der Waals surface area contributed by atoms with Crippen molar-refractivity contribution in [3.8, 4) is 0 Å². The van der Waals surface area contributed by atoms with E-state index in [0.29, 0.717) is 0 Å². The smallest absolute Gasteiger partial charge is 0.263 e. The number of hydrogen-bond acceptors (Lipinski definition) is 3. The number of unbranched alkanes of at least 4 members (excludes halogenated alkanes) is 2. The molecule has 0 saturated carbocycles. The summed E-state index contributed by atoms with van der Waals surface area (Å²) >= 11 is 1.61. The van der Waals surface area contributed by atoms with Crippen LogP contribution in [-0.4, -0.2) is 36.1 Å². The van der Waals surface area contributed by atoms with Crippen LogP contribution in [0.2, 0.25) is 0 Å². The summed E-state index contributed by atoms with van der Waals surface area (Å²) in [5.41, 5.74) is 1.22. The number of amides is 1. The standard InChI is InChI=1S/C14H23NO2S/c1-4-12-11(2)10-13(18-12)14(17)15(3)8-6-5-7-9-16/h10,16H,4-9H2,1-3H3. The summed E-state index contributed by atoms with van der Waals surface area (Å²) in [6.45, 7) is 5.18. The monoisotopic (exact) mass is 269 g/mol. The lowest BCUT2D eigenvalue weighted by Gasteiger charge is -2.15. The van der Waals surface area contributed by atoms with Crippen molar-refractivity contribution in [3.05, 3.63) is 21.4 Å². The molecule has 0 unspecified atom stereocenters. The van der Waals surface area contributed by atoms with Crippen LogP contribution in [0.5, 0.6) is 0 Å². The number of nitrogens with zero attached hydrogens (tertiary/aromatic N) is 1. The summed E-state index contributed by atoms with van der Waals surface area (Å²) in [7, 11) is 1.85. The Hall–Kier alpha value is -0.870. The Bertz CT molecular complexity index is 387. The summed E-state index contributed by atoms with van der Waals surface area (Å²) in [5.74, 6) is 0.117. The van der Waals surface area contributed by atoms with Gasteiger partial charge in [-0.15, -0.1) is 11.3 Å². The Morgan fingerprint density at radius 1 is 1.39 bits per heavy atom. The zero-order valence-electron chi connectivity index (χ0n) is 11.5. The lowest BCUT2D eigenvalue weighted by Crippen LogP contribution is -2.27. The molecule has 1 N–H and O–H groups in total. The second-order valence-corrected chi connectivity index (χ2v) is 5.72. The molecule has 1 heterocycles. The lowest BCUT2D eigenvalue weighted by atomic mass is 10.2. The SMILES string of the molecule is CCc1sc(C(=O)N(C)CCCCCO)cc1C. The predicted molar refractivity (Wildman–Crippen MR) is 76.3 cm³/mol. The molecule has 1 amide bonds. The van der Waals surface area contributed by atoms with Crippen molar-refractivity contribution in [2.75, 3.05) is 20.2 Å². The Morgan fingerprint density at radius 3 is 2.67 bits per heavy atom. The molecule has 0 saturated heterocycles. The van der Waals surface area contributed by atoms with E-state index in [1.54, 1.807) is 16.2 Å². The van der Waals surface area contributed by atoms with Crippen LogP contribution in [-0.2, 0) is 6.42 Å². The average molecular weight is 269 g/mol. The molecule has 1 aromatic heterocycles. The fourth-order valence-corrected chi connectivity index (χ4v) is 3.01. The molecule has 0 spiro atoms. The minimum Gasteiger partial charge on any atom is -0.396 e. The van der Waals surface area contributed by atoms with E-state index in [4.69, 9.17) is 5.11 Å². The molecule has 0 bridgehead atoms. The zero-order valence-corrected chi connectivity index (χ0v) is 12.3. The molecular formula is C14H23NO2S. The molecule has 0 aliphatic rings. The van der Waals surface area contributed by atoms with E-state index < -0.39 is 0 Å². The Labute approximate surface area is 113 Å². The number of aryl methyl sites for hydroxylation is 2. The van der Waals surface area contributed by atoms with Crippen LogP contribution in [0.15, 0.2) is 6.07 Å². The zero-order chi connectivity index (χ0) is 13.5. The van der Waals surface area contributed by atoms with E-state index in [1.165, 1.54) is 10.4 Å². The molecule has 1 aromatic rings. The van der Waals surface area contributed by atoms with E-state index in [2.05, 4.69) is 13.8 Å². The van der Waals surface area contributed by atoms with Gasteiger partial charge in [-0.3, -0.25) is 4.79 Å². The van der Waals surface area contributed by atoms with Crippen LogP contribution in [0.1, 0.15) is 46.3 Å². The van der Waals surface area contributed by atoms with Crippen LogP contribution in [0.4, 0.5) is 0 Å². The number of hydrogen-bond donors (Lipinski definition) is 1. The van der Waals surface area contributed by atoms with Crippen molar-refractivity contribution in [1.29, 1.82) is 0 Å². The maximum absolute atomic E-state index is 12.2. The number of aliphatic hydroxyl groups excluding tert-OH is 1. The van der Waals surface area contributed by atoms with Gasteiger partial charge in [-0.2, -0.15) is 0 Å². The number of carbonyl (C=O) groups excluding carboxylic acids is 1. The largest absolute Gasteiger partial charge is 0.396 e. The highest BCUT2D eigenvalue weighted by Gasteiger charge is 2.15. The van der Waals surface area contributed by atoms with Gasteiger partial charge in [0, 0.05) is 25.1 Å². The van der Waals surface area contributed by atoms with E-state index in [9.17, 15) is 4.79 Å². The molecule has 0 aliphatic heterocycles. The third-order valence-corrected chi connectivity index (χ3v) is 4.42. The molecule has 4 heteroatoms. The second-order valence-electron chi connectivity index (χ2n) is 4.58. The number of carbonyl (C=O) groups is 1. The van der Waals surface area contributed by atoms with Gasteiger partial charge in [0.15, 0.2) is 0 Å². The molecule has 1 rings (SSSR count). The van der Waals surface area contributed by atoms with Crippen LogP contribution >= 0.6 is 11.3 Å². The highest BCUT2D eigenvalue weighted by molar-refractivity contribution is 7.14. The van der Waals surface area contributed by atoms with Gasteiger partial charge in [0.1, 0.15) is 0 Å². The maximum Gasteiger partial charge on any atom is 0.263 e. The molecule has 0 fully saturated rings. The molecule has 0 radical (unpaired) electrons. The number of rotatable bonds is 7. The van der Waals surface area contributed by atoms with Crippen molar-refractivity contribution >= 4 is 17.2 Å². The van der Waals surface area contributed by atoms with Gasteiger partial charge in [0.2, 0.25) is 0 Å². The topological polar surface area (TPSA) is 40.5 Å². The van der Waals surface area contributed by atoms with Crippen molar-refractivity contribution in [3.63, 3.8) is 0 Å². The summed E-state index contributed by atoms with van der Waals surface area (Å²) < 4.78 is 0. The van der Waals surface area contributed by atoms with Crippen molar-refractivity contribution in [2.24, 2.45) is 0 Å². The van der Waals surface area contributed by atoms with Crippen molar-refractivity contribution in [2.45, 2.75) is 39.5 Å². The number of aliphatic hydroxyl groups is 1. The molecule has 0 aromatic carbocycles. The van der Waals surface area contributed by atoms with Gasteiger partial charge in [-0.25, -0.2) is 0 Å². The minimum atomic E-state index is 0.117. The van der Waals surface area contributed by atoms with Crippen molar-refractivity contribution in [1.82, 2.24) is 4.90 Å². The summed E-state index contributed by atoms with van der Waals surface area (Å²) in [4.78, 5) is 16.1. The Balaban J connectivity index is 2.51. The minimum absolute atomic E-state index is 0.117. The van der Waals surface area contributed by atoms with Gasteiger partial charge < -0.3 is 10.0 Å². The number of thiophene rings is 1. The highest BCUT2D eigenvalue weighted by Crippen LogP contribution is 2.23. The lowest BCUT2D eigenvalue weighted by molar-refractivity contribution is 0.0797. The predicted octanol–water partition coefficient (Wildman–Crippen LogP) is 2.85.